The van der Waals surface area contributed by atoms with Crippen molar-refractivity contribution in [1.29, 1.82) is 0 Å². The number of halogens is 2. The van der Waals surface area contributed by atoms with Crippen LogP contribution < -0.4 is 5.73 Å². The maximum absolute atomic E-state index is 13.5. The van der Waals surface area contributed by atoms with E-state index in [1.54, 1.807) is 0 Å². The highest BCUT2D eigenvalue weighted by Gasteiger charge is 2.55. The van der Waals surface area contributed by atoms with E-state index in [-0.39, 0.29) is 18.0 Å². The van der Waals surface area contributed by atoms with Crippen molar-refractivity contribution in [2.75, 3.05) is 6.54 Å². The van der Waals surface area contributed by atoms with E-state index in [0.29, 0.717) is 13.0 Å². The number of alkyl halides is 2. The van der Waals surface area contributed by atoms with E-state index >= 15 is 0 Å². The quantitative estimate of drug-likeness (QED) is 0.649. The van der Waals surface area contributed by atoms with Crippen LogP contribution in [0.15, 0.2) is 0 Å². The van der Waals surface area contributed by atoms with Crippen molar-refractivity contribution in [3.63, 3.8) is 0 Å². The highest BCUT2D eigenvalue weighted by molar-refractivity contribution is 5.05. The summed E-state index contributed by atoms with van der Waals surface area (Å²) in [5.41, 5.74) is 5.66. The first-order valence-electron chi connectivity index (χ1n) is 5.23. The molecule has 2 heterocycles. The Labute approximate surface area is 83.4 Å². The SMILES string of the molecule is CC1(C)CC(N)CC2N1CCC2(F)F. The Kier molecular flexibility index (Phi) is 2.13. The molecular weight excluding hydrogens is 186 g/mol. The molecule has 2 nitrogen and oxygen atoms in total. The Morgan fingerprint density at radius 2 is 2.00 bits per heavy atom. The molecule has 2 aliphatic heterocycles. The van der Waals surface area contributed by atoms with Gasteiger partial charge in [0, 0.05) is 24.5 Å². The smallest absolute Gasteiger partial charge is 0.264 e. The molecule has 2 N–H and O–H groups in total. The van der Waals surface area contributed by atoms with Gasteiger partial charge in [-0.15, -0.1) is 0 Å². The average Bonchev–Trinajstić information content (AvgIpc) is 2.26. The fraction of sp³-hybridized carbons (Fsp3) is 1.00. The molecule has 82 valence electrons. The van der Waals surface area contributed by atoms with E-state index in [1.807, 2.05) is 18.7 Å². The zero-order chi connectivity index (χ0) is 10.6. The second-order valence-electron chi connectivity index (χ2n) is 5.23. The minimum atomic E-state index is -2.53. The van der Waals surface area contributed by atoms with Gasteiger partial charge in [0.25, 0.3) is 5.92 Å². The summed E-state index contributed by atoms with van der Waals surface area (Å²) in [4.78, 5) is 1.94. The van der Waals surface area contributed by atoms with Crippen molar-refractivity contribution in [2.24, 2.45) is 5.73 Å². The number of nitrogens with two attached hydrogens (primary N) is 1. The minimum absolute atomic E-state index is 0.00613. The van der Waals surface area contributed by atoms with Gasteiger partial charge in [-0.2, -0.15) is 0 Å². The largest absolute Gasteiger partial charge is 0.328 e. The first-order valence-corrected chi connectivity index (χ1v) is 5.23. The Bertz CT molecular complexity index is 240. The topological polar surface area (TPSA) is 29.3 Å². The van der Waals surface area contributed by atoms with Crippen LogP contribution in [-0.2, 0) is 0 Å². The Morgan fingerprint density at radius 3 is 2.64 bits per heavy atom. The Hall–Kier alpha value is -0.220. The third-order valence-electron chi connectivity index (χ3n) is 3.62. The van der Waals surface area contributed by atoms with Crippen molar-refractivity contribution in [3.05, 3.63) is 0 Å². The Balaban J connectivity index is 2.25. The first kappa shape index (κ1) is 10.3. The van der Waals surface area contributed by atoms with Gasteiger partial charge in [0.1, 0.15) is 0 Å². The third-order valence-corrected chi connectivity index (χ3v) is 3.62. The average molecular weight is 204 g/mol. The maximum Gasteiger partial charge on any atom is 0.264 e. The highest BCUT2D eigenvalue weighted by Crippen LogP contribution is 2.44. The molecule has 2 aliphatic rings. The summed E-state index contributed by atoms with van der Waals surface area (Å²) in [5.74, 6) is -2.53. The molecule has 2 fully saturated rings. The summed E-state index contributed by atoms with van der Waals surface area (Å²) in [6.07, 6.45) is 1.25. The normalized spacial score (nSPS) is 40.9. The number of hydrogen-bond acceptors (Lipinski definition) is 2. The van der Waals surface area contributed by atoms with E-state index in [1.165, 1.54) is 0 Å². The highest BCUT2D eigenvalue weighted by atomic mass is 19.3. The molecule has 2 atom stereocenters. The molecule has 2 unspecified atom stereocenters. The lowest BCUT2D eigenvalue weighted by Crippen LogP contribution is -2.58. The standard InChI is InChI=1S/C10H18F2N2/c1-9(2)6-7(13)5-8-10(11,12)3-4-14(8)9/h7-8H,3-6,13H2,1-2H3. The number of fused-ring (bicyclic) bond motifs is 1. The van der Waals surface area contributed by atoms with Gasteiger partial charge in [-0.25, -0.2) is 8.78 Å². The van der Waals surface area contributed by atoms with Gasteiger partial charge >= 0.3 is 0 Å². The van der Waals surface area contributed by atoms with Gasteiger partial charge in [-0.05, 0) is 26.7 Å². The van der Waals surface area contributed by atoms with Gasteiger partial charge in [0.2, 0.25) is 0 Å². The molecule has 2 saturated heterocycles. The lowest BCUT2D eigenvalue weighted by molar-refractivity contribution is -0.0746. The zero-order valence-corrected chi connectivity index (χ0v) is 8.76. The molecular formula is C10H18F2N2. The number of piperidine rings is 1. The summed E-state index contributed by atoms with van der Waals surface area (Å²) in [7, 11) is 0. The molecule has 0 amide bonds. The van der Waals surface area contributed by atoms with Gasteiger partial charge in [0.15, 0.2) is 0 Å². The molecule has 0 aromatic heterocycles. The van der Waals surface area contributed by atoms with Crippen LogP contribution in [-0.4, -0.2) is 35.0 Å². The lowest BCUT2D eigenvalue weighted by Gasteiger charge is -2.47. The fourth-order valence-electron chi connectivity index (χ4n) is 2.97. The summed E-state index contributed by atoms with van der Waals surface area (Å²) in [5, 5.41) is 0. The number of hydrogen-bond donors (Lipinski definition) is 1. The number of rotatable bonds is 0. The third kappa shape index (κ3) is 1.44. The van der Waals surface area contributed by atoms with Gasteiger partial charge in [-0.1, -0.05) is 0 Å². The summed E-state index contributed by atoms with van der Waals surface area (Å²) in [6.45, 7) is 4.54. The molecule has 0 bridgehead atoms. The maximum atomic E-state index is 13.5. The molecule has 0 spiro atoms. The second-order valence-corrected chi connectivity index (χ2v) is 5.23. The van der Waals surface area contributed by atoms with Crippen molar-refractivity contribution in [2.45, 2.75) is 56.7 Å². The molecule has 2 rings (SSSR count). The van der Waals surface area contributed by atoms with E-state index in [9.17, 15) is 8.78 Å². The van der Waals surface area contributed by atoms with Crippen LogP contribution in [0.2, 0.25) is 0 Å². The number of nitrogens with zero attached hydrogens (tertiary/aromatic N) is 1. The molecule has 14 heavy (non-hydrogen) atoms. The van der Waals surface area contributed by atoms with E-state index < -0.39 is 12.0 Å². The van der Waals surface area contributed by atoms with Crippen molar-refractivity contribution in [3.8, 4) is 0 Å². The van der Waals surface area contributed by atoms with Gasteiger partial charge in [0.05, 0.1) is 6.04 Å². The van der Waals surface area contributed by atoms with Crippen LogP contribution in [0, 0.1) is 0 Å². The predicted octanol–water partition coefficient (Wildman–Crippen LogP) is 1.60. The summed E-state index contributed by atoms with van der Waals surface area (Å²) in [6, 6.07) is -0.698. The van der Waals surface area contributed by atoms with Crippen LogP contribution in [0.5, 0.6) is 0 Å². The molecule has 4 heteroatoms. The molecule has 0 aliphatic carbocycles. The zero-order valence-electron chi connectivity index (χ0n) is 8.76. The summed E-state index contributed by atoms with van der Waals surface area (Å²) < 4.78 is 27.0. The molecule has 0 aromatic rings. The van der Waals surface area contributed by atoms with Gasteiger partial charge < -0.3 is 5.73 Å². The van der Waals surface area contributed by atoms with E-state index in [2.05, 4.69) is 0 Å². The molecule has 0 aromatic carbocycles. The van der Waals surface area contributed by atoms with Crippen LogP contribution in [0.25, 0.3) is 0 Å². The second kappa shape index (κ2) is 2.89. The van der Waals surface area contributed by atoms with Crippen LogP contribution in [0.3, 0.4) is 0 Å². The Morgan fingerprint density at radius 1 is 1.36 bits per heavy atom. The van der Waals surface area contributed by atoms with E-state index in [0.717, 1.165) is 6.42 Å². The fourth-order valence-corrected chi connectivity index (χ4v) is 2.97. The van der Waals surface area contributed by atoms with Crippen molar-refractivity contribution < 1.29 is 8.78 Å². The minimum Gasteiger partial charge on any atom is -0.328 e. The van der Waals surface area contributed by atoms with Crippen molar-refractivity contribution in [1.82, 2.24) is 4.90 Å². The summed E-state index contributed by atoms with van der Waals surface area (Å²) >= 11 is 0. The predicted molar refractivity (Wildman–Crippen MR) is 51.3 cm³/mol. The van der Waals surface area contributed by atoms with Crippen LogP contribution in [0.4, 0.5) is 8.78 Å². The van der Waals surface area contributed by atoms with E-state index in [4.69, 9.17) is 5.73 Å². The monoisotopic (exact) mass is 204 g/mol. The first-order chi connectivity index (χ1) is 6.33. The van der Waals surface area contributed by atoms with Crippen LogP contribution in [0.1, 0.15) is 33.1 Å². The molecule has 0 radical (unpaired) electrons. The lowest BCUT2D eigenvalue weighted by atomic mass is 9.83. The molecule has 0 saturated carbocycles. The van der Waals surface area contributed by atoms with Gasteiger partial charge in [-0.3, -0.25) is 4.90 Å². The van der Waals surface area contributed by atoms with Crippen LogP contribution >= 0.6 is 0 Å². The van der Waals surface area contributed by atoms with Crippen molar-refractivity contribution >= 4 is 0 Å².